The number of hydrogen-bond acceptors (Lipinski definition) is 5. The Kier molecular flexibility index (Phi) is 5.10. The first kappa shape index (κ1) is 16.2. The molecule has 23 heavy (non-hydrogen) atoms. The Morgan fingerprint density at radius 2 is 2.30 bits per heavy atom. The molecule has 3 rings (SSSR count). The number of aliphatic hydroxyl groups excluding tert-OH is 1. The number of hydrogen-bond donors (Lipinski definition) is 2. The average molecular weight is 315 g/mol. The normalized spacial score (nSPS) is 20.6. The molecule has 0 radical (unpaired) electrons. The molecule has 0 amide bonds. The van der Waals surface area contributed by atoms with E-state index in [0.29, 0.717) is 12.5 Å². The van der Waals surface area contributed by atoms with Crippen molar-refractivity contribution in [2.45, 2.75) is 18.9 Å². The first-order valence-corrected chi connectivity index (χ1v) is 8.24. The Bertz CT molecular complexity index is 662. The Balaban J connectivity index is 1.98. The number of likely N-dealkylation sites (tertiary alicyclic amines) is 1. The van der Waals surface area contributed by atoms with Crippen LogP contribution in [0.1, 0.15) is 24.4 Å². The summed E-state index contributed by atoms with van der Waals surface area (Å²) >= 11 is 0. The fraction of sp³-hybridized carbons (Fsp3) is 0.500. The predicted molar refractivity (Wildman–Crippen MR) is 91.5 cm³/mol. The van der Waals surface area contributed by atoms with Crippen LogP contribution in [0.2, 0.25) is 0 Å². The highest BCUT2D eigenvalue weighted by Crippen LogP contribution is 2.32. The molecule has 5 heteroatoms. The van der Waals surface area contributed by atoms with Gasteiger partial charge >= 0.3 is 0 Å². The molecule has 0 bridgehead atoms. The van der Waals surface area contributed by atoms with E-state index in [-0.39, 0.29) is 12.6 Å². The van der Waals surface area contributed by atoms with Crippen LogP contribution in [0.5, 0.6) is 5.75 Å². The van der Waals surface area contributed by atoms with Crippen LogP contribution in [0.4, 0.5) is 0 Å². The second-order valence-electron chi connectivity index (χ2n) is 6.22. The van der Waals surface area contributed by atoms with Crippen molar-refractivity contribution in [2.75, 3.05) is 33.4 Å². The Morgan fingerprint density at radius 3 is 3.04 bits per heavy atom. The molecule has 5 nitrogen and oxygen atoms in total. The lowest BCUT2D eigenvalue weighted by Crippen LogP contribution is -2.41. The van der Waals surface area contributed by atoms with Crippen molar-refractivity contribution in [2.24, 2.45) is 11.7 Å². The number of ether oxygens (including phenoxy) is 1. The molecule has 0 saturated carbocycles. The van der Waals surface area contributed by atoms with Crippen molar-refractivity contribution in [3.8, 4) is 5.75 Å². The third-order valence-electron chi connectivity index (χ3n) is 4.84. The number of aromatic nitrogens is 1. The average Bonchev–Trinajstić information content (AvgIpc) is 2.62. The first-order chi connectivity index (χ1) is 11.3. The van der Waals surface area contributed by atoms with Crippen molar-refractivity contribution in [3.63, 3.8) is 0 Å². The summed E-state index contributed by atoms with van der Waals surface area (Å²) in [6.07, 6.45) is 4.12. The number of rotatable bonds is 5. The molecule has 124 valence electrons. The van der Waals surface area contributed by atoms with Gasteiger partial charge in [0.2, 0.25) is 0 Å². The third-order valence-corrected chi connectivity index (χ3v) is 4.84. The van der Waals surface area contributed by atoms with Crippen LogP contribution in [0, 0.1) is 5.92 Å². The number of nitrogens with two attached hydrogens (primary N) is 1. The van der Waals surface area contributed by atoms with Crippen LogP contribution in [0.15, 0.2) is 30.5 Å². The van der Waals surface area contributed by atoms with Gasteiger partial charge in [-0.25, -0.2) is 0 Å². The van der Waals surface area contributed by atoms with Crippen molar-refractivity contribution >= 4 is 10.9 Å². The fourth-order valence-corrected chi connectivity index (χ4v) is 3.55. The minimum atomic E-state index is -0.0260. The van der Waals surface area contributed by atoms with Crippen molar-refractivity contribution in [1.29, 1.82) is 0 Å². The molecule has 1 aliphatic rings. The maximum Gasteiger partial charge on any atom is 0.119 e. The third kappa shape index (κ3) is 3.32. The highest BCUT2D eigenvalue weighted by molar-refractivity contribution is 5.84. The lowest BCUT2D eigenvalue weighted by Gasteiger charge is -2.37. The minimum absolute atomic E-state index is 0.0260. The molecular formula is C18H25N3O2. The quantitative estimate of drug-likeness (QED) is 0.882. The SMILES string of the molecule is COc1ccc2nccc([C@@H](CO)N3CCCC(CN)C3)c2c1. The Morgan fingerprint density at radius 1 is 1.43 bits per heavy atom. The van der Waals surface area contributed by atoms with Gasteiger partial charge in [0, 0.05) is 18.1 Å². The van der Waals surface area contributed by atoms with Crippen LogP contribution < -0.4 is 10.5 Å². The summed E-state index contributed by atoms with van der Waals surface area (Å²) in [5.74, 6) is 1.32. The maximum atomic E-state index is 10.1. The van der Waals surface area contributed by atoms with Gasteiger partial charge in [0.25, 0.3) is 0 Å². The molecule has 2 heterocycles. The van der Waals surface area contributed by atoms with Crippen molar-refractivity contribution in [1.82, 2.24) is 9.88 Å². The first-order valence-electron chi connectivity index (χ1n) is 8.24. The fourth-order valence-electron chi connectivity index (χ4n) is 3.55. The molecule has 1 aliphatic heterocycles. The van der Waals surface area contributed by atoms with E-state index in [9.17, 15) is 5.11 Å². The molecule has 0 spiro atoms. The molecule has 1 aromatic heterocycles. The molecule has 3 N–H and O–H groups in total. The largest absolute Gasteiger partial charge is 0.497 e. The van der Waals surface area contributed by atoms with Gasteiger partial charge in [0.15, 0.2) is 0 Å². The van der Waals surface area contributed by atoms with Crippen molar-refractivity contribution < 1.29 is 9.84 Å². The number of benzene rings is 1. The van der Waals surface area contributed by atoms with E-state index in [0.717, 1.165) is 41.7 Å². The molecule has 1 saturated heterocycles. The number of nitrogens with zero attached hydrogens (tertiary/aromatic N) is 2. The monoisotopic (exact) mass is 315 g/mol. The Hall–Kier alpha value is -1.69. The van der Waals surface area contributed by atoms with Gasteiger partial charge in [0.05, 0.1) is 25.3 Å². The van der Waals surface area contributed by atoms with Crippen molar-refractivity contribution in [3.05, 3.63) is 36.0 Å². The van der Waals surface area contributed by atoms with Gasteiger partial charge in [-0.15, -0.1) is 0 Å². The van der Waals surface area contributed by atoms with Gasteiger partial charge in [-0.1, -0.05) is 0 Å². The van der Waals surface area contributed by atoms with E-state index in [1.807, 2.05) is 30.5 Å². The van der Waals surface area contributed by atoms with E-state index < -0.39 is 0 Å². The zero-order valence-corrected chi connectivity index (χ0v) is 13.6. The van der Waals surface area contributed by atoms with Crippen LogP contribution >= 0.6 is 0 Å². The van der Waals surface area contributed by atoms with Gasteiger partial charge in [-0.05, 0) is 61.7 Å². The maximum absolute atomic E-state index is 10.1. The molecule has 2 aromatic rings. The van der Waals surface area contributed by atoms with E-state index >= 15 is 0 Å². The summed E-state index contributed by atoms with van der Waals surface area (Å²) in [5.41, 5.74) is 7.89. The summed E-state index contributed by atoms with van der Waals surface area (Å²) in [7, 11) is 1.66. The smallest absolute Gasteiger partial charge is 0.119 e. The molecule has 2 atom stereocenters. The number of fused-ring (bicyclic) bond motifs is 1. The van der Waals surface area contributed by atoms with Gasteiger partial charge in [0.1, 0.15) is 5.75 Å². The van der Waals surface area contributed by atoms with E-state index in [1.165, 1.54) is 6.42 Å². The second-order valence-corrected chi connectivity index (χ2v) is 6.22. The van der Waals surface area contributed by atoms with Crippen LogP contribution in [-0.2, 0) is 0 Å². The van der Waals surface area contributed by atoms with Crippen LogP contribution in [0.25, 0.3) is 10.9 Å². The zero-order chi connectivity index (χ0) is 16.2. The molecule has 1 fully saturated rings. The summed E-state index contributed by atoms with van der Waals surface area (Å²) < 4.78 is 5.35. The zero-order valence-electron chi connectivity index (χ0n) is 13.6. The molecular weight excluding hydrogens is 290 g/mol. The molecule has 1 aromatic carbocycles. The van der Waals surface area contributed by atoms with Crippen LogP contribution in [-0.4, -0.2) is 48.3 Å². The number of aliphatic hydroxyl groups is 1. The van der Waals surface area contributed by atoms with Gasteiger partial charge < -0.3 is 15.6 Å². The summed E-state index contributed by atoms with van der Waals surface area (Å²) in [5, 5.41) is 11.1. The van der Waals surface area contributed by atoms with E-state index in [2.05, 4.69) is 9.88 Å². The lowest BCUT2D eigenvalue weighted by atomic mass is 9.94. The Labute approximate surface area is 137 Å². The van der Waals surface area contributed by atoms with Gasteiger partial charge in [-0.2, -0.15) is 0 Å². The number of methoxy groups -OCH3 is 1. The van der Waals surface area contributed by atoms with Crippen LogP contribution in [0.3, 0.4) is 0 Å². The predicted octanol–water partition coefficient (Wildman–Crippen LogP) is 1.95. The summed E-state index contributed by atoms with van der Waals surface area (Å²) in [6.45, 7) is 2.73. The lowest BCUT2D eigenvalue weighted by molar-refractivity contribution is 0.0822. The van der Waals surface area contributed by atoms with E-state index in [4.69, 9.17) is 10.5 Å². The number of piperidine rings is 1. The molecule has 0 aliphatic carbocycles. The standard InChI is InChI=1S/C18H25N3O2/c1-23-14-4-5-17-16(9-14)15(6-7-20-17)18(12-22)21-8-2-3-13(10-19)11-21/h4-7,9,13,18,22H,2-3,8,10-12,19H2,1H3/t13?,18-/m1/s1. The van der Waals surface area contributed by atoms with Gasteiger partial charge in [-0.3, -0.25) is 9.88 Å². The summed E-state index contributed by atoms with van der Waals surface area (Å²) in [6, 6.07) is 7.87. The number of pyridine rings is 1. The minimum Gasteiger partial charge on any atom is -0.497 e. The topological polar surface area (TPSA) is 71.6 Å². The second kappa shape index (κ2) is 7.25. The highest BCUT2D eigenvalue weighted by atomic mass is 16.5. The molecule has 1 unspecified atom stereocenters. The highest BCUT2D eigenvalue weighted by Gasteiger charge is 2.27. The van der Waals surface area contributed by atoms with E-state index in [1.54, 1.807) is 7.11 Å². The summed E-state index contributed by atoms with van der Waals surface area (Å²) in [4.78, 5) is 6.79.